The second-order valence-electron chi connectivity index (χ2n) is 7.87. The van der Waals surface area contributed by atoms with Gasteiger partial charge in [-0.05, 0) is 32.6 Å². The van der Waals surface area contributed by atoms with Crippen LogP contribution in [-0.2, 0) is 4.79 Å². The minimum atomic E-state index is -0.318. The zero-order valence-electron chi connectivity index (χ0n) is 15.8. The van der Waals surface area contributed by atoms with E-state index in [1.165, 1.54) is 50.3 Å². The number of nitriles is 1. The Kier molecular flexibility index (Phi) is 5.90. The van der Waals surface area contributed by atoms with E-state index in [1.54, 1.807) is 0 Å². The predicted octanol–water partition coefficient (Wildman–Crippen LogP) is 0.972. The summed E-state index contributed by atoms with van der Waals surface area (Å²) in [6.07, 6.45) is 9.43. The third kappa shape index (κ3) is 3.96. The zero-order valence-corrected chi connectivity index (χ0v) is 16.6. The van der Waals surface area contributed by atoms with Crippen LogP contribution in [0.15, 0.2) is 11.4 Å². The molecular weight excluding hydrogens is 362 g/mol. The number of rotatable bonds is 5. The summed E-state index contributed by atoms with van der Waals surface area (Å²) in [6, 6.07) is 3.31. The van der Waals surface area contributed by atoms with Crippen LogP contribution in [0.1, 0.15) is 58.3 Å². The van der Waals surface area contributed by atoms with Crippen molar-refractivity contribution in [1.29, 1.82) is 5.26 Å². The fraction of sp³-hybridized carbons (Fsp3) is 0.778. The van der Waals surface area contributed by atoms with Gasteiger partial charge in [0.05, 0.1) is 5.25 Å². The molecule has 4 aliphatic rings. The Morgan fingerprint density at radius 3 is 2.41 bits per heavy atom. The number of ketones is 1. The summed E-state index contributed by atoms with van der Waals surface area (Å²) >= 11 is 1.54. The Morgan fingerprint density at radius 1 is 1.15 bits per heavy atom. The smallest absolute Gasteiger partial charge is 0.189 e. The maximum absolute atomic E-state index is 13.0. The van der Waals surface area contributed by atoms with E-state index < -0.39 is 0 Å². The van der Waals surface area contributed by atoms with E-state index in [9.17, 15) is 10.1 Å². The van der Waals surface area contributed by atoms with Crippen LogP contribution in [0.3, 0.4) is 0 Å². The van der Waals surface area contributed by atoms with E-state index in [4.69, 9.17) is 0 Å². The van der Waals surface area contributed by atoms with Crippen molar-refractivity contribution in [3.63, 3.8) is 0 Å². The molecule has 27 heavy (non-hydrogen) atoms. The van der Waals surface area contributed by atoms with Gasteiger partial charge in [-0.25, -0.2) is 5.43 Å². The van der Waals surface area contributed by atoms with Crippen LogP contribution in [0.25, 0.3) is 0 Å². The van der Waals surface area contributed by atoms with Crippen molar-refractivity contribution in [2.75, 3.05) is 0 Å². The number of allylic oxidation sites excluding steroid dienone is 1. The number of nitrogens with zero attached hydrogens (tertiary/aromatic N) is 2. The van der Waals surface area contributed by atoms with Gasteiger partial charge in [0.1, 0.15) is 23.0 Å². The Morgan fingerprint density at radius 2 is 1.78 bits per heavy atom. The van der Waals surface area contributed by atoms with Gasteiger partial charge in [-0.1, -0.05) is 25.7 Å². The standard InChI is InChI=1S/C18H29N7OS/c1-11(27-18-22-23-24-25(18)12-6-2-3-7-12)16(26)13(10-19)17-20-14-8-4-5-9-15(14)21-17/h11-12,14-15,18,20-24H,2-9H2,1H3/t11-,14?,15?,18?/m1/s1. The summed E-state index contributed by atoms with van der Waals surface area (Å²) in [6.45, 7) is 1.89. The molecular formula is C18H29N7OS. The quantitative estimate of drug-likeness (QED) is 0.346. The molecule has 4 fully saturated rings. The molecule has 2 heterocycles. The van der Waals surface area contributed by atoms with Crippen LogP contribution in [0.2, 0.25) is 0 Å². The van der Waals surface area contributed by atoms with Gasteiger partial charge in [-0.15, -0.1) is 11.8 Å². The lowest BCUT2D eigenvalue weighted by Gasteiger charge is -2.28. The largest absolute Gasteiger partial charge is 0.366 e. The van der Waals surface area contributed by atoms with E-state index in [2.05, 4.69) is 38.2 Å². The summed E-state index contributed by atoms with van der Waals surface area (Å²) in [5, 5.41) is 18.3. The van der Waals surface area contributed by atoms with Crippen LogP contribution >= 0.6 is 11.8 Å². The molecule has 8 nitrogen and oxygen atoms in total. The summed E-state index contributed by atoms with van der Waals surface area (Å²) < 4.78 is 0. The number of hydrogen-bond donors (Lipinski definition) is 5. The molecule has 2 saturated heterocycles. The minimum Gasteiger partial charge on any atom is -0.366 e. The van der Waals surface area contributed by atoms with Crippen molar-refractivity contribution in [2.24, 2.45) is 0 Å². The van der Waals surface area contributed by atoms with E-state index in [-0.39, 0.29) is 22.1 Å². The molecule has 9 heteroatoms. The van der Waals surface area contributed by atoms with Crippen molar-refractivity contribution in [3.05, 3.63) is 11.4 Å². The second kappa shape index (κ2) is 8.37. The lowest BCUT2D eigenvalue weighted by Crippen LogP contribution is -2.46. The molecule has 2 aliphatic carbocycles. The number of Topliss-reactive ketones (excluding diaryl/α,β-unsaturated/α-hetero) is 1. The first-order valence-corrected chi connectivity index (χ1v) is 11.0. The zero-order chi connectivity index (χ0) is 18.8. The van der Waals surface area contributed by atoms with Gasteiger partial charge in [0.15, 0.2) is 5.78 Å². The van der Waals surface area contributed by atoms with Gasteiger partial charge in [0.2, 0.25) is 0 Å². The van der Waals surface area contributed by atoms with Gasteiger partial charge < -0.3 is 10.6 Å². The molecule has 0 radical (unpaired) electrons. The molecule has 4 atom stereocenters. The lowest BCUT2D eigenvalue weighted by atomic mass is 9.92. The number of thioether (sulfide) groups is 1. The Hall–Kier alpha value is -1.31. The maximum atomic E-state index is 13.0. The summed E-state index contributed by atoms with van der Waals surface area (Å²) in [4.78, 5) is 13.0. The SMILES string of the molecule is C[C@@H](SC1NNNN1C1CCCC1)C(=O)C(C#N)=C1NC2CCCCC2N1. The second-order valence-corrected chi connectivity index (χ2v) is 9.30. The van der Waals surface area contributed by atoms with Crippen molar-refractivity contribution in [1.82, 2.24) is 32.1 Å². The Balaban J connectivity index is 1.41. The average Bonchev–Trinajstić information content (AvgIpc) is 3.42. The summed E-state index contributed by atoms with van der Waals surface area (Å²) in [5.41, 5.74) is 9.51. The number of hydrazine groups is 3. The van der Waals surface area contributed by atoms with Crippen molar-refractivity contribution < 1.29 is 4.79 Å². The number of fused-ring (bicyclic) bond motifs is 1. The first-order chi connectivity index (χ1) is 13.2. The molecule has 0 spiro atoms. The lowest BCUT2D eigenvalue weighted by molar-refractivity contribution is -0.114. The molecule has 4 rings (SSSR count). The molecule has 0 amide bonds. The molecule has 0 aromatic carbocycles. The van der Waals surface area contributed by atoms with Crippen LogP contribution in [0.5, 0.6) is 0 Å². The highest BCUT2D eigenvalue weighted by atomic mass is 32.2. The van der Waals surface area contributed by atoms with Crippen LogP contribution in [0, 0.1) is 11.3 Å². The van der Waals surface area contributed by atoms with E-state index in [1.807, 2.05) is 6.92 Å². The Bertz CT molecular complexity index is 626. The molecule has 2 aliphatic heterocycles. The normalized spacial score (nSPS) is 32.4. The third-order valence-corrected chi connectivity index (χ3v) is 7.31. The number of hydrogen-bond acceptors (Lipinski definition) is 9. The van der Waals surface area contributed by atoms with Crippen LogP contribution in [-0.4, -0.2) is 39.7 Å². The fourth-order valence-electron chi connectivity index (χ4n) is 4.58. The predicted molar refractivity (Wildman–Crippen MR) is 104 cm³/mol. The van der Waals surface area contributed by atoms with E-state index >= 15 is 0 Å². The first-order valence-electron chi connectivity index (χ1n) is 10.1. The van der Waals surface area contributed by atoms with E-state index in [0.29, 0.717) is 23.9 Å². The molecule has 148 valence electrons. The highest BCUT2D eigenvalue weighted by Crippen LogP contribution is 2.30. The van der Waals surface area contributed by atoms with Gasteiger partial charge in [-0.2, -0.15) is 21.3 Å². The maximum Gasteiger partial charge on any atom is 0.189 e. The topological polar surface area (TPSA) is 104 Å². The van der Waals surface area contributed by atoms with Gasteiger partial charge in [0, 0.05) is 18.1 Å². The van der Waals surface area contributed by atoms with Gasteiger partial charge >= 0.3 is 0 Å². The third-order valence-electron chi connectivity index (χ3n) is 6.09. The fourth-order valence-corrected chi connectivity index (χ4v) is 5.69. The number of carbonyl (C=O) groups excluding carboxylic acids is 1. The molecule has 0 aromatic heterocycles. The number of nitrogens with one attached hydrogen (secondary N) is 5. The highest BCUT2D eigenvalue weighted by Gasteiger charge is 2.37. The van der Waals surface area contributed by atoms with Crippen molar-refractivity contribution >= 4 is 17.5 Å². The molecule has 3 unspecified atom stereocenters. The average molecular weight is 392 g/mol. The van der Waals surface area contributed by atoms with Crippen molar-refractivity contribution in [3.8, 4) is 6.07 Å². The minimum absolute atomic E-state index is 0.0379. The summed E-state index contributed by atoms with van der Waals surface area (Å²) in [7, 11) is 0. The van der Waals surface area contributed by atoms with E-state index in [0.717, 1.165) is 12.8 Å². The highest BCUT2D eigenvalue weighted by molar-refractivity contribution is 8.01. The Labute approximate surface area is 164 Å². The molecule has 0 bridgehead atoms. The van der Waals surface area contributed by atoms with Crippen LogP contribution < -0.4 is 27.1 Å². The van der Waals surface area contributed by atoms with Gasteiger partial charge in [-0.3, -0.25) is 4.79 Å². The van der Waals surface area contributed by atoms with Crippen molar-refractivity contribution in [2.45, 2.75) is 87.2 Å². The van der Waals surface area contributed by atoms with Crippen LogP contribution in [0.4, 0.5) is 0 Å². The van der Waals surface area contributed by atoms with Gasteiger partial charge in [0.25, 0.3) is 0 Å². The molecule has 0 aromatic rings. The number of carbonyl (C=O) groups is 1. The molecule has 2 saturated carbocycles. The summed E-state index contributed by atoms with van der Waals surface area (Å²) in [5.74, 6) is 0.520. The molecule has 5 N–H and O–H groups in total. The first kappa shape index (κ1) is 19.0. The monoisotopic (exact) mass is 391 g/mol.